The number of methoxy groups -OCH3 is 1. The third-order valence-electron chi connectivity index (χ3n) is 9.08. The van der Waals surface area contributed by atoms with Crippen molar-refractivity contribution in [2.45, 2.75) is 37.6 Å². The number of thioether (sulfide) groups is 1. The van der Waals surface area contributed by atoms with Crippen LogP contribution in [-0.2, 0) is 6.54 Å². The van der Waals surface area contributed by atoms with E-state index in [1.165, 1.54) is 49.1 Å². The van der Waals surface area contributed by atoms with Crippen LogP contribution in [0.2, 0.25) is 0 Å². The summed E-state index contributed by atoms with van der Waals surface area (Å²) in [6, 6.07) is 39.4. The second kappa shape index (κ2) is 14.7. The highest BCUT2D eigenvalue weighted by Crippen LogP contribution is 2.46. The molecule has 6 rings (SSSR count). The minimum atomic E-state index is 0.923. The monoisotopic (exact) mass is 644 g/mol. The third kappa shape index (κ3) is 7.50. The number of hydrogen-bond acceptors (Lipinski definition) is 4. The molecule has 6 heteroatoms. The minimum absolute atomic E-state index is 0.923. The van der Waals surface area contributed by atoms with Crippen LogP contribution in [0.4, 0.5) is 11.5 Å². The number of pyridine rings is 1. The van der Waals surface area contributed by atoms with E-state index in [2.05, 4.69) is 152 Å². The second-order valence-electron chi connectivity index (χ2n) is 13.1. The van der Waals surface area contributed by atoms with E-state index < -0.39 is 0 Å². The van der Waals surface area contributed by atoms with Crippen molar-refractivity contribution in [3.63, 3.8) is 0 Å². The highest BCUT2D eigenvalue weighted by molar-refractivity contribution is 8.03. The van der Waals surface area contributed by atoms with Crippen molar-refractivity contribution < 1.29 is 13.8 Å². The highest BCUT2D eigenvalue weighted by atomic mass is 32.2. The maximum Gasteiger partial charge on any atom is 0.282 e. The summed E-state index contributed by atoms with van der Waals surface area (Å²) in [5.41, 5.74) is 6.24. The Morgan fingerprint density at radius 2 is 1.60 bits per heavy atom. The zero-order chi connectivity index (χ0) is 32.8. The molecule has 0 saturated carbocycles. The zero-order valence-corrected chi connectivity index (χ0v) is 29.3. The fourth-order valence-electron chi connectivity index (χ4n) is 6.62. The molecule has 0 N–H and O–H groups in total. The molecule has 0 amide bonds. The summed E-state index contributed by atoms with van der Waals surface area (Å²) in [4.78, 5) is 6.26. The molecule has 0 saturated heterocycles. The van der Waals surface area contributed by atoms with E-state index >= 15 is 0 Å². The molecule has 0 spiro atoms. The number of hydrogen-bond donors (Lipinski definition) is 0. The smallest absolute Gasteiger partial charge is 0.282 e. The molecule has 0 radical (unpaired) electrons. The number of nitrogens with zero attached hydrogens (tertiary/aromatic N) is 4. The lowest BCUT2D eigenvalue weighted by Gasteiger charge is -2.31. The Kier molecular flexibility index (Phi) is 10.2. The Morgan fingerprint density at radius 1 is 0.851 bits per heavy atom. The molecule has 0 atom stereocenters. The molecule has 0 bridgehead atoms. The number of benzene rings is 4. The molecule has 0 unspecified atom stereocenters. The summed E-state index contributed by atoms with van der Waals surface area (Å²) in [6.07, 6.45) is 5.78. The van der Waals surface area contributed by atoms with Crippen LogP contribution in [0.15, 0.2) is 119 Å². The standard InChI is InChI=1S/C41H48N4OS/c1-6-7-25-43(26-16-27-45(3,4)31-32-17-15-20-35(28-32)46-5)40-29-33(30-41-42(2)38-23-13-14-24-39(38)47-41)36-21-11-12-22-37(36)44(40)34-18-9-8-10-19-34/h8-15,17-24,28-30H,6-7,16,25-27,31H2,1-5H3/q+2. The van der Waals surface area contributed by atoms with E-state index in [9.17, 15) is 0 Å². The van der Waals surface area contributed by atoms with Crippen LogP contribution < -0.4 is 19.1 Å². The van der Waals surface area contributed by atoms with Gasteiger partial charge in [-0.05, 0) is 60.5 Å². The normalized spacial score (nSPS) is 13.7. The lowest BCUT2D eigenvalue weighted by molar-refractivity contribution is -0.903. The van der Waals surface area contributed by atoms with E-state index in [4.69, 9.17) is 4.74 Å². The third-order valence-corrected chi connectivity index (χ3v) is 10.2. The van der Waals surface area contributed by atoms with Gasteiger partial charge in [0.1, 0.15) is 23.5 Å². The Bertz CT molecular complexity index is 1850. The molecule has 2 heterocycles. The van der Waals surface area contributed by atoms with Crippen molar-refractivity contribution in [1.29, 1.82) is 0 Å². The van der Waals surface area contributed by atoms with E-state index in [0.717, 1.165) is 55.7 Å². The zero-order valence-electron chi connectivity index (χ0n) is 28.5. The van der Waals surface area contributed by atoms with Gasteiger partial charge in [0.25, 0.3) is 5.82 Å². The quantitative estimate of drug-likeness (QED) is 0.0942. The fourth-order valence-corrected chi connectivity index (χ4v) is 7.72. The Balaban J connectivity index is 1.38. The van der Waals surface area contributed by atoms with Gasteiger partial charge in [-0.3, -0.25) is 4.90 Å². The lowest BCUT2D eigenvalue weighted by Crippen LogP contribution is -2.44. The van der Waals surface area contributed by atoms with Gasteiger partial charge in [0.15, 0.2) is 0 Å². The summed E-state index contributed by atoms with van der Waals surface area (Å²) < 4.78 is 8.90. The van der Waals surface area contributed by atoms with Gasteiger partial charge in [0.05, 0.1) is 51.6 Å². The maximum atomic E-state index is 5.50. The van der Waals surface area contributed by atoms with Crippen LogP contribution >= 0.6 is 11.8 Å². The highest BCUT2D eigenvalue weighted by Gasteiger charge is 2.27. The lowest BCUT2D eigenvalue weighted by atomic mass is 10.1. The van der Waals surface area contributed by atoms with E-state index in [0.29, 0.717) is 0 Å². The number of ether oxygens (including phenoxy) is 1. The number of aromatic nitrogens is 1. The minimum Gasteiger partial charge on any atom is -0.497 e. The van der Waals surface area contributed by atoms with Gasteiger partial charge in [-0.25, -0.2) is 0 Å². The van der Waals surface area contributed by atoms with Crippen molar-refractivity contribution in [3.8, 4) is 11.4 Å². The van der Waals surface area contributed by atoms with Crippen LogP contribution in [-0.4, -0.2) is 52.4 Å². The molecule has 4 aromatic carbocycles. The predicted octanol–water partition coefficient (Wildman–Crippen LogP) is 8.94. The van der Waals surface area contributed by atoms with E-state index in [1.54, 1.807) is 7.11 Å². The molecule has 1 aromatic heterocycles. The molecule has 1 aliphatic heterocycles. The number of unbranched alkanes of at least 4 members (excludes halogenated alkanes) is 1. The second-order valence-corrected chi connectivity index (χ2v) is 14.2. The van der Waals surface area contributed by atoms with Gasteiger partial charge >= 0.3 is 0 Å². The average Bonchev–Trinajstić information content (AvgIpc) is 3.40. The number of fused-ring (bicyclic) bond motifs is 2. The maximum absolute atomic E-state index is 5.50. The predicted molar refractivity (Wildman–Crippen MR) is 200 cm³/mol. The van der Waals surface area contributed by atoms with Gasteiger partial charge in [-0.1, -0.05) is 85.8 Å². The largest absolute Gasteiger partial charge is 0.497 e. The van der Waals surface area contributed by atoms with Gasteiger partial charge in [-0.2, -0.15) is 4.57 Å². The topological polar surface area (TPSA) is 19.6 Å². The number of quaternary nitrogens is 1. The van der Waals surface area contributed by atoms with Crippen LogP contribution in [0.25, 0.3) is 22.7 Å². The summed E-state index contributed by atoms with van der Waals surface area (Å²) >= 11 is 1.85. The molecule has 0 fully saturated rings. The van der Waals surface area contributed by atoms with Crippen LogP contribution in [0, 0.1) is 0 Å². The van der Waals surface area contributed by atoms with Gasteiger partial charge < -0.3 is 14.1 Å². The first-order valence-electron chi connectivity index (χ1n) is 16.8. The van der Waals surface area contributed by atoms with Crippen LogP contribution in [0.3, 0.4) is 0 Å². The molecule has 47 heavy (non-hydrogen) atoms. The molecular weight excluding hydrogens is 597 g/mol. The molecule has 242 valence electrons. The first-order chi connectivity index (χ1) is 22.9. The molecule has 5 nitrogen and oxygen atoms in total. The van der Waals surface area contributed by atoms with Crippen LogP contribution in [0.1, 0.15) is 37.3 Å². The van der Waals surface area contributed by atoms with Gasteiger partial charge in [0, 0.05) is 35.4 Å². The van der Waals surface area contributed by atoms with Gasteiger partial charge in [0.2, 0.25) is 0 Å². The summed E-state index contributed by atoms with van der Waals surface area (Å²) in [6.45, 7) is 6.34. The summed E-state index contributed by atoms with van der Waals surface area (Å²) in [5, 5.41) is 2.50. The van der Waals surface area contributed by atoms with Crippen molar-refractivity contribution in [2.75, 3.05) is 57.7 Å². The Labute approximate surface area is 285 Å². The average molecular weight is 645 g/mol. The Morgan fingerprint density at radius 3 is 2.38 bits per heavy atom. The van der Waals surface area contributed by atoms with Gasteiger partial charge in [-0.15, -0.1) is 0 Å². The first kappa shape index (κ1) is 32.7. The molecule has 5 aromatic rings. The molecule has 1 aliphatic rings. The summed E-state index contributed by atoms with van der Waals surface area (Å²) in [7, 11) is 8.60. The van der Waals surface area contributed by atoms with Crippen molar-refractivity contribution in [1.82, 2.24) is 0 Å². The SMILES string of the molecule is CCCCN(CCC[N+](C)(C)Cc1cccc(OC)c1)c1cc(C=C2Sc3ccccc3N2C)c2ccccc2[n+]1-c1ccccc1. The van der Waals surface area contributed by atoms with Crippen LogP contribution in [0.5, 0.6) is 5.75 Å². The van der Waals surface area contributed by atoms with Crippen molar-refractivity contribution in [2.24, 2.45) is 0 Å². The Hall–Kier alpha value is -4.26. The number of anilines is 2. The first-order valence-corrected chi connectivity index (χ1v) is 17.6. The molecular formula is C41H48N4OS+2. The van der Waals surface area contributed by atoms with Crippen molar-refractivity contribution >= 4 is 40.2 Å². The van der Waals surface area contributed by atoms with Crippen molar-refractivity contribution in [3.05, 3.63) is 125 Å². The fraction of sp³-hybridized carbons (Fsp3) is 0.293. The van der Waals surface area contributed by atoms with E-state index in [1.807, 2.05) is 17.8 Å². The number of para-hydroxylation sites is 3. The molecule has 0 aliphatic carbocycles. The summed E-state index contributed by atoms with van der Waals surface area (Å²) in [5.74, 6) is 2.17. The van der Waals surface area contributed by atoms with E-state index in [-0.39, 0.29) is 0 Å². The number of rotatable bonds is 13.